The summed E-state index contributed by atoms with van der Waals surface area (Å²) in [6.45, 7) is 13.1. The zero-order valence-electron chi connectivity index (χ0n) is 27.9. The van der Waals surface area contributed by atoms with Crippen LogP contribution in [0.2, 0.25) is 0 Å². The van der Waals surface area contributed by atoms with E-state index < -0.39 is 0 Å². The molecule has 1 aromatic heterocycles. The van der Waals surface area contributed by atoms with Gasteiger partial charge in [-0.3, -0.25) is 4.79 Å². The molecule has 0 saturated heterocycles. The largest absolute Gasteiger partial charge is 0.489 e. The normalized spacial score (nSPS) is 12.7. The zero-order chi connectivity index (χ0) is 32.3. The predicted molar refractivity (Wildman–Crippen MR) is 191 cm³/mol. The van der Waals surface area contributed by atoms with Crippen LogP contribution in [0, 0.1) is 6.92 Å². The molecule has 0 fully saturated rings. The summed E-state index contributed by atoms with van der Waals surface area (Å²) in [4.78, 5) is 16.1. The Hall–Kier alpha value is -4.35. The number of rotatable bonds is 16. The zero-order valence-corrected chi connectivity index (χ0v) is 27.9. The molecule has 0 aliphatic carbocycles. The van der Waals surface area contributed by atoms with Crippen LogP contribution in [-0.4, -0.2) is 41.1 Å². The predicted octanol–water partition coefficient (Wildman–Crippen LogP) is 8.73. The van der Waals surface area contributed by atoms with Gasteiger partial charge >= 0.3 is 0 Å². The molecule has 0 spiro atoms. The molecular formula is C41H49N3O2. The topological polar surface area (TPSA) is 46.5 Å². The summed E-state index contributed by atoms with van der Waals surface area (Å²) in [6, 6.07) is 35.9. The van der Waals surface area contributed by atoms with Crippen molar-refractivity contribution in [3.8, 4) is 5.75 Å². The van der Waals surface area contributed by atoms with E-state index in [2.05, 4.69) is 121 Å². The Bertz CT molecular complexity index is 1650. The van der Waals surface area contributed by atoms with E-state index in [-0.39, 0.29) is 17.9 Å². The van der Waals surface area contributed by atoms with Crippen molar-refractivity contribution in [2.24, 2.45) is 0 Å². The Kier molecular flexibility index (Phi) is 11.7. The molecule has 2 atom stereocenters. The van der Waals surface area contributed by atoms with Crippen molar-refractivity contribution < 1.29 is 9.53 Å². The van der Waals surface area contributed by atoms with Crippen molar-refractivity contribution in [1.82, 2.24) is 14.8 Å². The molecule has 0 bridgehead atoms. The minimum Gasteiger partial charge on any atom is -0.489 e. The van der Waals surface area contributed by atoms with Crippen LogP contribution in [0.25, 0.3) is 10.9 Å². The number of amides is 1. The third-order valence-electron chi connectivity index (χ3n) is 9.00. The van der Waals surface area contributed by atoms with Crippen LogP contribution in [0.1, 0.15) is 73.8 Å². The summed E-state index contributed by atoms with van der Waals surface area (Å²) in [6.07, 6.45) is 4.68. The van der Waals surface area contributed by atoms with E-state index >= 15 is 0 Å². The number of nitrogens with one attached hydrogen (secondary N) is 1. The lowest BCUT2D eigenvalue weighted by molar-refractivity contribution is -0.121. The van der Waals surface area contributed by atoms with Crippen molar-refractivity contribution >= 4 is 16.8 Å². The number of fused-ring (bicyclic) bond motifs is 1. The third-order valence-corrected chi connectivity index (χ3v) is 9.00. The molecule has 1 N–H and O–H groups in total. The van der Waals surface area contributed by atoms with Crippen molar-refractivity contribution in [3.05, 3.63) is 137 Å². The number of carbonyl (C=O) groups is 1. The van der Waals surface area contributed by atoms with Crippen LogP contribution in [0.15, 0.2) is 109 Å². The Morgan fingerprint density at radius 3 is 2.26 bits per heavy atom. The second-order valence-corrected chi connectivity index (χ2v) is 12.5. The number of ether oxygens (including phenoxy) is 1. The fourth-order valence-electron chi connectivity index (χ4n) is 6.27. The number of hydrogen-bond acceptors (Lipinski definition) is 3. The van der Waals surface area contributed by atoms with Crippen LogP contribution in [-0.2, 0) is 17.9 Å². The van der Waals surface area contributed by atoms with E-state index in [1.165, 1.54) is 27.6 Å². The number of carbonyl (C=O) groups excluding carboxylic acids is 1. The average molecular weight is 616 g/mol. The van der Waals surface area contributed by atoms with E-state index in [9.17, 15) is 4.79 Å². The van der Waals surface area contributed by atoms with Gasteiger partial charge in [0.15, 0.2) is 0 Å². The van der Waals surface area contributed by atoms with Crippen molar-refractivity contribution in [2.45, 2.75) is 72.1 Å². The van der Waals surface area contributed by atoms with E-state index in [1.54, 1.807) is 0 Å². The van der Waals surface area contributed by atoms with Gasteiger partial charge in [-0.05, 0) is 86.8 Å². The van der Waals surface area contributed by atoms with Gasteiger partial charge < -0.3 is 19.5 Å². The standard InChI is InChI=1S/C41H49N3O2/c1-5-43(6-2)26-12-13-32(4)42-41(45)27-38(35-22-24-36(25-23-35)46-30-34-14-8-7-9-15-34)39-29-44(40-17-11-10-16-37(39)40)28-33-20-18-31(3)19-21-33/h7-11,14-25,29,32,38H,5-6,12-13,26-28,30H2,1-4H3,(H,42,45)/t32-,38+/m0/s1. The van der Waals surface area contributed by atoms with Crippen molar-refractivity contribution in [1.29, 1.82) is 0 Å². The lowest BCUT2D eigenvalue weighted by atomic mass is 9.88. The number of para-hydroxylation sites is 1. The maximum Gasteiger partial charge on any atom is 0.221 e. The SMILES string of the molecule is CCN(CC)CCC[C@H](C)NC(=O)C[C@H](c1ccc(OCc2ccccc2)cc1)c1cn(Cc2ccc(C)cc2)c2ccccc12. The van der Waals surface area contributed by atoms with Gasteiger partial charge in [-0.25, -0.2) is 0 Å². The van der Waals surface area contributed by atoms with Crippen LogP contribution < -0.4 is 10.1 Å². The van der Waals surface area contributed by atoms with Crippen LogP contribution >= 0.6 is 0 Å². The summed E-state index contributed by atoms with van der Waals surface area (Å²) in [5.74, 6) is 0.801. The lowest BCUT2D eigenvalue weighted by Crippen LogP contribution is -2.34. The molecule has 0 aliphatic heterocycles. The number of aromatic nitrogens is 1. The minimum absolute atomic E-state index is 0.0834. The first-order valence-electron chi connectivity index (χ1n) is 16.8. The van der Waals surface area contributed by atoms with E-state index in [1.807, 2.05) is 30.3 Å². The summed E-state index contributed by atoms with van der Waals surface area (Å²) in [5.41, 5.74) is 7.10. The smallest absolute Gasteiger partial charge is 0.221 e. The molecule has 240 valence electrons. The number of aryl methyl sites for hydroxylation is 1. The lowest BCUT2D eigenvalue weighted by Gasteiger charge is -2.21. The Morgan fingerprint density at radius 2 is 1.54 bits per heavy atom. The Balaban J connectivity index is 1.39. The fraction of sp³-hybridized carbons (Fsp3) is 0.341. The van der Waals surface area contributed by atoms with Gasteiger partial charge in [0.25, 0.3) is 0 Å². The highest BCUT2D eigenvalue weighted by atomic mass is 16.5. The van der Waals surface area contributed by atoms with E-state index in [0.717, 1.165) is 55.9 Å². The molecule has 5 nitrogen and oxygen atoms in total. The molecule has 4 aromatic carbocycles. The number of benzene rings is 4. The quantitative estimate of drug-likeness (QED) is 0.121. The summed E-state index contributed by atoms with van der Waals surface area (Å²) in [5, 5.41) is 4.50. The van der Waals surface area contributed by atoms with Crippen molar-refractivity contribution in [3.63, 3.8) is 0 Å². The second kappa shape index (κ2) is 16.3. The molecule has 0 saturated carbocycles. The molecule has 5 heteroatoms. The van der Waals surface area contributed by atoms with Gasteiger partial charge in [0, 0.05) is 42.0 Å². The van der Waals surface area contributed by atoms with Crippen LogP contribution in [0.3, 0.4) is 0 Å². The van der Waals surface area contributed by atoms with Gasteiger partial charge in [-0.2, -0.15) is 0 Å². The van der Waals surface area contributed by atoms with Gasteiger partial charge in [-0.1, -0.05) is 104 Å². The first-order valence-corrected chi connectivity index (χ1v) is 16.8. The first kappa shape index (κ1) is 33.0. The molecule has 1 amide bonds. The van der Waals surface area contributed by atoms with E-state index in [4.69, 9.17) is 4.74 Å². The summed E-state index contributed by atoms with van der Waals surface area (Å²) < 4.78 is 8.43. The maximum absolute atomic E-state index is 13.7. The Morgan fingerprint density at radius 1 is 0.848 bits per heavy atom. The Labute approximate surface area is 275 Å². The van der Waals surface area contributed by atoms with Gasteiger partial charge in [-0.15, -0.1) is 0 Å². The highest BCUT2D eigenvalue weighted by molar-refractivity contribution is 5.87. The van der Waals surface area contributed by atoms with Crippen LogP contribution in [0.4, 0.5) is 0 Å². The van der Waals surface area contributed by atoms with E-state index in [0.29, 0.717) is 13.0 Å². The molecular weight excluding hydrogens is 566 g/mol. The minimum atomic E-state index is -0.102. The monoisotopic (exact) mass is 615 g/mol. The second-order valence-electron chi connectivity index (χ2n) is 12.5. The fourth-order valence-corrected chi connectivity index (χ4v) is 6.27. The molecule has 0 unspecified atom stereocenters. The van der Waals surface area contributed by atoms with Gasteiger partial charge in [0.1, 0.15) is 12.4 Å². The highest BCUT2D eigenvalue weighted by Gasteiger charge is 2.24. The average Bonchev–Trinajstić information content (AvgIpc) is 3.44. The molecule has 0 radical (unpaired) electrons. The number of nitrogens with zero attached hydrogens (tertiary/aromatic N) is 2. The molecule has 1 heterocycles. The summed E-state index contributed by atoms with van der Waals surface area (Å²) in [7, 11) is 0. The molecule has 0 aliphatic rings. The third kappa shape index (κ3) is 8.88. The molecule has 46 heavy (non-hydrogen) atoms. The molecule has 5 aromatic rings. The van der Waals surface area contributed by atoms with Crippen molar-refractivity contribution in [2.75, 3.05) is 19.6 Å². The molecule has 5 rings (SSSR count). The first-order chi connectivity index (χ1) is 22.4. The van der Waals surface area contributed by atoms with Crippen LogP contribution in [0.5, 0.6) is 5.75 Å². The highest BCUT2D eigenvalue weighted by Crippen LogP contribution is 2.36. The number of hydrogen-bond donors (Lipinski definition) is 1. The van der Waals surface area contributed by atoms with Gasteiger partial charge in [0.2, 0.25) is 5.91 Å². The van der Waals surface area contributed by atoms with Gasteiger partial charge in [0.05, 0.1) is 0 Å². The summed E-state index contributed by atoms with van der Waals surface area (Å²) >= 11 is 0. The maximum atomic E-state index is 13.7.